The Morgan fingerprint density at radius 2 is 1.56 bits per heavy atom. The SMILES string of the molecule is CO[C@H]1C[C@@H]2CC[C@@H](C)[C@@](O)(O2)C(=O)C(=O)N2CCCC3[C@H]2C(=O)O[C@@H](CC(=O)[C@H](C)/C=C(\C)[C@@H](O[Si](C)(C)C)[C@@H](OC)C(=O)[C@H](C)C[C@H](C)/C=C/C=C/C=C/1C)[C@H]3C[C@@H]1CC[C@@H](O)[C@H](OC)C1. The van der Waals surface area contributed by atoms with Crippen LogP contribution in [0.5, 0.6) is 0 Å². The number of hydrogen-bond donors (Lipinski definition) is 2. The molecule has 0 aromatic heterocycles. The van der Waals surface area contributed by atoms with Gasteiger partial charge in [0.05, 0.1) is 30.5 Å². The van der Waals surface area contributed by atoms with Crippen molar-refractivity contribution in [1.29, 1.82) is 0 Å². The van der Waals surface area contributed by atoms with E-state index in [0.717, 1.165) is 5.57 Å². The van der Waals surface area contributed by atoms with Gasteiger partial charge in [-0.1, -0.05) is 64.2 Å². The monoisotopic (exact) mass is 970 g/mol. The fourth-order valence-corrected chi connectivity index (χ4v) is 12.5. The minimum absolute atomic E-state index is 0.0594. The summed E-state index contributed by atoms with van der Waals surface area (Å²) in [6.07, 6.45) is 12.3. The first-order valence-corrected chi connectivity index (χ1v) is 28.6. The highest BCUT2D eigenvalue weighted by Gasteiger charge is 2.57. The van der Waals surface area contributed by atoms with Crippen LogP contribution >= 0.6 is 0 Å². The first-order valence-electron chi connectivity index (χ1n) is 25.2. The van der Waals surface area contributed by atoms with Gasteiger partial charge in [0.15, 0.2) is 14.1 Å². The average molecular weight is 970 g/mol. The highest BCUT2D eigenvalue weighted by Crippen LogP contribution is 2.45. The first-order chi connectivity index (χ1) is 32.0. The predicted molar refractivity (Wildman–Crippen MR) is 261 cm³/mol. The molecule has 1 aliphatic carbocycles. The number of ketones is 3. The van der Waals surface area contributed by atoms with Gasteiger partial charge >= 0.3 is 5.97 Å². The summed E-state index contributed by atoms with van der Waals surface area (Å²) in [6, 6.07) is -1.11. The molecule has 14 nitrogen and oxygen atoms in total. The molecule has 0 spiro atoms. The lowest BCUT2D eigenvalue weighted by molar-refractivity contribution is -0.266. The molecule has 4 aliphatic heterocycles. The number of Topliss-reactive ketones (excluding diaryl/α,β-unsaturated/α-hetero) is 3. The van der Waals surface area contributed by atoms with E-state index in [1.807, 2.05) is 70.8 Å². The van der Waals surface area contributed by atoms with Crippen molar-refractivity contribution in [1.82, 2.24) is 4.90 Å². The van der Waals surface area contributed by atoms with E-state index < -0.39 is 92.2 Å². The number of carbonyl (C=O) groups is 5. The van der Waals surface area contributed by atoms with Crippen LogP contribution in [0.3, 0.4) is 0 Å². The summed E-state index contributed by atoms with van der Waals surface area (Å²) in [5.74, 6) is -7.88. The third kappa shape index (κ3) is 13.6. The van der Waals surface area contributed by atoms with E-state index in [-0.39, 0.29) is 54.3 Å². The molecule has 4 heterocycles. The van der Waals surface area contributed by atoms with Crippen molar-refractivity contribution >= 4 is 37.5 Å². The van der Waals surface area contributed by atoms with E-state index in [4.69, 9.17) is 28.1 Å². The summed E-state index contributed by atoms with van der Waals surface area (Å²) in [5.41, 5.74) is 1.59. The van der Waals surface area contributed by atoms with E-state index >= 15 is 0 Å². The molecule has 5 rings (SSSR count). The summed E-state index contributed by atoms with van der Waals surface area (Å²) in [4.78, 5) is 73.3. The molecule has 5 aliphatic rings. The number of rotatable bonds is 7. The number of methoxy groups -OCH3 is 3. The summed E-state index contributed by atoms with van der Waals surface area (Å²) < 4.78 is 36.7. The smallest absolute Gasteiger partial charge is 0.329 e. The van der Waals surface area contributed by atoms with Gasteiger partial charge < -0.3 is 43.2 Å². The Kier molecular flexibility index (Phi) is 19.9. The maximum atomic E-state index is 14.5. The molecule has 4 fully saturated rings. The van der Waals surface area contributed by atoms with E-state index in [9.17, 15) is 34.2 Å². The number of nitrogens with zero attached hydrogens (tertiary/aromatic N) is 1. The number of amides is 1. The van der Waals surface area contributed by atoms with Gasteiger partial charge in [0.1, 0.15) is 24.0 Å². The lowest BCUT2D eigenvalue weighted by Crippen LogP contribution is -2.65. The average Bonchev–Trinajstić information content (AvgIpc) is 3.29. The van der Waals surface area contributed by atoms with Gasteiger partial charge in [-0.25, -0.2) is 4.79 Å². The van der Waals surface area contributed by atoms with Crippen LogP contribution in [0.1, 0.15) is 112 Å². The molecule has 1 saturated carbocycles. The fourth-order valence-electron chi connectivity index (χ4n) is 11.4. The number of carbonyl (C=O) groups excluding carboxylic acids is 5. The Labute approximate surface area is 406 Å². The Morgan fingerprint density at radius 1 is 0.838 bits per heavy atom. The van der Waals surface area contributed by atoms with Crippen LogP contribution < -0.4 is 0 Å². The molecule has 0 radical (unpaired) electrons. The number of piperidine rings is 1. The number of hydrogen-bond acceptors (Lipinski definition) is 13. The van der Waals surface area contributed by atoms with Crippen LogP contribution in [0, 0.1) is 41.4 Å². The molecule has 1 amide bonds. The van der Waals surface area contributed by atoms with Crippen LogP contribution in [-0.2, 0) is 52.1 Å². The van der Waals surface area contributed by atoms with E-state index in [1.165, 1.54) is 12.0 Å². The molecular formula is C53H83NO13Si. The third-order valence-electron chi connectivity index (χ3n) is 15.4. The zero-order chi connectivity index (χ0) is 50.2. The molecule has 16 atom stereocenters. The number of allylic oxidation sites excluding steroid dienone is 6. The minimum atomic E-state index is -2.43. The van der Waals surface area contributed by atoms with Gasteiger partial charge in [0, 0.05) is 64.4 Å². The summed E-state index contributed by atoms with van der Waals surface area (Å²) in [7, 11) is 2.41. The molecule has 382 valence electrons. The van der Waals surface area contributed by atoms with Crippen molar-refractivity contribution in [2.45, 2.75) is 186 Å². The van der Waals surface area contributed by atoms with Crippen LogP contribution in [0.4, 0.5) is 0 Å². The second-order valence-corrected chi connectivity index (χ2v) is 26.2. The van der Waals surface area contributed by atoms with Crippen LogP contribution in [0.25, 0.3) is 0 Å². The van der Waals surface area contributed by atoms with Gasteiger partial charge in [-0.2, -0.15) is 0 Å². The standard InChI is InChI=1S/C53H83NO13Si/c1-31-17-14-13-15-18-32(2)43(62-7)29-38-22-20-36(6)53(61,66-38)50(58)51(59)54-24-16-19-39-40(27-37-21-23-41(55)45(28-37)63-8)44(65-52(60)46(39)54)30-42(56)33(3)26-35(5)48(67-68(10,11)12)49(64-9)47(57)34(4)25-31/h13-15,17-18,26,31,33-34,36-41,43-46,48-49,55,61H,16,19-25,27-30H2,1-12H3/b15-13+,17-14+,32-18+,35-26+/t31-,33-,34-,36-,37+,38+,39?,40+,41-,43+,44+,45-,46+,48-,49+,53-/m1/s1. The second-order valence-electron chi connectivity index (χ2n) is 21.7. The van der Waals surface area contributed by atoms with Gasteiger partial charge in [-0.05, 0) is 120 Å². The lowest BCUT2D eigenvalue weighted by atomic mass is 9.68. The van der Waals surface area contributed by atoms with Crippen molar-refractivity contribution in [2.24, 2.45) is 41.4 Å². The Bertz CT molecular complexity index is 1910. The quantitative estimate of drug-likeness (QED) is 0.113. The largest absolute Gasteiger partial charge is 0.460 e. The van der Waals surface area contributed by atoms with Crippen molar-refractivity contribution in [3.63, 3.8) is 0 Å². The van der Waals surface area contributed by atoms with Gasteiger partial charge in [-0.3, -0.25) is 19.2 Å². The Balaban J connectivity index is 1.55. The van der Waals surface area contributed by atoms with Gasteiger partial charge in [-0.15, -0.1) is 0 Å². The first kappa shape index (κ1) is 55.8. The van der Waals surface area contributed by atoms with Crippen LogP contribution in [0.15, 0.2) is 47.6 Å². The summed E-state index contributed by atoms with van der Waals surface area (Å²) in [5, 5.41) is 22.8. The van der Waals surface area contributed by atoms with E-state index in [0.29, 0.717) is 69.8 Å². The maximum Gasteiger partial charge on any atom is 0.329 e. The number of esters is 1. The van der Waals surface area contributed by atoms with Crippen LogP contribution in [-0.4, -0.2) is 135 Å². The van der Waals surface area contributed by atoms with E-state index in [2.05, 4.69) is 13.0 Å². The predicted octanol–water partition coefficient (Wildman–Crippen LogP) is 7.26. The third-order valence-corrected chi connectivity index (χ3v) is 16.3. The highest BCUT2D eigenvalue weighted by atomic mass is 28.4. The van der Waals surface area contributed by atoms with Crippen molar-refractivity contribution in [3.05, 3.63) is 47.6 Å². The number of fused-ring (bicyclic) bond motifs is 3. The van der Waals surface area contributed by atoms with Gasteiger partial charge in [0.25, 0.3) is 11.7 Å². The number of aliphatic hydroxyl groups excluding tert-OH is 1. The fraction of sp³-hybridized carbons (Fsp3) is 0.755. The maximum absolute atomic E-state index is 14.5. The topological polar surface area (TPSA) is 184 Å². The Morgan fingerprint density at radius 3 is 2.22 bits per heavy atom. The van der Waals surface area contributed by atoms with Crippen LogP contribution in [0.2, 0.25) is 19.6 Å². The summed E-state index contributed by atoms with van der Waals surface area (Å²) in [6.45, 7) is 17.5. The minimum Gasteiger partial charge on any atom is -0.460 e. The Hall–Kier alpha value is -3.15. The summed E-state index contributed by atoms with van der Waals surface area (Å²) >= 11 is 0. The number of ether oxygens (including phenoxy) is 5. The van der Waals surface area contributed by atoms with E-state index in [1.54, 1.807) is 28.1 Å². The molecular weight excluding hydrogens is 887 g/mol. The second kappa shape index (κ2) is 24.3. The van der Waals surface area contributed by atoms with Crippen molar-refractivity contribution in [3.8, 4) is 0 Å². The molecule has 1 unspecified atom stereocenters. The van der Waals surface area contributed by atoms with Crippen molar-refractivity contribution < 1.29 is 62.3 Å². The molecule has 68 heavy (non-hydrogen) atoms. The van der Waals surface area contributed by atoms with Crippen molar-refractivity contribution in [2.75, 3.05) is 27.9 Å². The highest BCUT2D eigenvalue weighted by molar-refractivity contribution is 6.69. The normalized spacial score (nSPS) is 41.6. The zero-order valence-electron chi connectivity index (χ0n) is 42.9. The lowest BCUT2D eigenvalue weighted by Gasteiger charge is -2.50. The molecule has 2 N–H and O–H groups in total. The van der Waals surface area contributed by atoms with Gasteiger partial charge in [0.2, 0.25) is 5.79 Å². The molecule has 6 bridgehead atoms. The number of aliphatic hydroxyl groups is 2. The molecule has 15 heteroatoms. The molecule has 3 saturated heterocycles. The zero-order valence-corrected chi connectivity index (χ0v) is 43.9. The molecule has 0 aromatic carbocycles. The molecule has 0 aromatic rings.